The third-order valence-corrected chi connectivity index (χ3v) is 6.14. The van der Waals surface area contributed by atoms with E-state index >= 15 is 0 Å². The lowest BCUT2D eigenvalue weighted by Crippen LogP contribution is -1.88. The summed E-state index contributed by atoms with van der Waals surface area (Å²) in [5.41, 5.74) is 6.04. The minimum absolute atomic E-state index is 0.985. The number of unbranched alkanes of at least 4 members (excludes halogenated alkanes) is 9. The average molecular weight is 426 g/mol. The summed E-state index contributed by atoms with van der Waals surface area (Å²) in [5.74, 6) is 0. The lowest BCUT2D eigenvalue weighted by molar-refractivity contribution is 0.556. The fourth-order valence-electron chi connectivity index (χ4n) is 4.11. The summed E-state index contributed by atoms with van der Waals surface area (Å²) in [4.78, 5) is 4.64. The SMILES string of the molecule is CCCCCCCCCCCCc1ccc(C=Nc2ccc(-c3ccccc3)cc2)cc1. The van der Waals surface area contributed by atoms with E-state index in [0.29, 0.717) is 0 Å². The van der Waals surface area contributed by atoms with Gasteiger partial charge in [-0.1, -0.05) is 131 Å². The number of benzene rings is 3. The van der Waals surface area contributed by atoms with Crippen LogP contribution in [0.1, 0.15) is 82.3 Å². The molecule has 0 radical (unpaired) electrons. The van der Waals surface area contributed by atoms with Crippen molar-refractivity contribution in [2.45, 2.75) is 77.6 Å². The van der Waals surface area contributed by atoms with E-state index in [9.17, 15) is 0 Å². The molecule has 1 nitrogen and oxygen atoms in total. The van der Waals surface area contributed by atoms with Crippen LogP contribution >= 0.6 is 0 Å². The van der Waals surface area contributed by atoms with E-state index in [-0.39, 0.29) is 0 Å². The first-order valence-electron chi connectivity index (χ1n) is 12.6. The van der Waals surface area contributed by atoms with E-state index in [2.05, 4.69) is 84.7 Å². The van der Waals surface area contributed by atoms with E-state index in [0.717, 1.165) is 11.3 Å². The standard InChI is InChI=1S/C31H39N/c1-2-3-4-5-6-7-8-9-10-12-15-27-18-20-28(21-19-27)26-32-31-24-22-30(23-25-31)29-16-13-11-14-17-29/h11,13-14,16-26H,2-10,12,15H2,1H3. The van der Waals surface area contributed by atoms with Crippen LogP contribution in [0.2, 0.25) is 0 Å². The molecule has 0 bridgehead atoms. The zero-order valence-corrected chi connectivity index (χ0v) is 19.8. The van der Waals surface area contributed by atoms with Gasteiger partial charge in [-0.25, -0.2) is 0 Å². The maximum Gasteiger partial charge on any atom is 0.0630 e. The quantitative estimate of drug-likeness (QED) is 0.180. The van der Waals surface area contributed by atoms with Crippen molar-refractivity contribution in [2.24, 2.45) is 4.99 Å². The summed E-state index contributed by atoms with van der Waals surface area (Å²) in [6, 6.07) is 27.8. The Morgan fingerprint density at radius 2 is 1.12 bits per heavy atom. The molecule has 3 rings (SSSR count). The second-order valence-electron chi connectivity index (χ2n) is 8.84. The molecule has 0 heterocycles. The van der Waals surface area contributed by atoms with Gasteiger partial charge in [-0.05, 0) is 47.2 Å². The van der Waals surface area contributed by atoms with Gasteiger partial charge in [0, 0.05) is 6.21 Å². The first-order chi connectivity index (χ1) is 15.8. The fraction of sp³-hybridized carbons (Fsp3) is 0.387. The number of hydrogen-bond donors (Lipinski definition) is 0. The first-order valence-corrected chi connectivity index (χ1v) is 12.6. The number of hydrogen-bond acceptors (Lipinski definition) is 1. The summed E-state index contributed by atoms with van der Waals surface area (Å²) in [6.45, 7) is 2.28. The van der Waals surface area contributed by atoms with Gasteiger partial charge in [0.05, 0.1) is 5.69 Å². The van der Waals surface area contributed by atoms with Gasteiger partial charge in [0.25, 0.3) is 0 Å². The Morgan fingerprint density at radius 1 is 0.562 bits per heavy atom. The van der Waals surface area contributed by atoms with Crippen molar-refractivity contribution in [3.63, 3.8) is 0 Å². The Labute approximate surface area is 195 Å². The van der Waals surface area contributed by atoms with Crippen molar-refractivity contribution in [3.05, 3.63) is 90.0 Å². The minimum atomic E-state index is 0.985. The lowest BCUT2D eigenvalue weighted by Gasteiger charge is -2.04. The molecule has 0 saturated heterocycles. The van der Waals surface area contributed by atoms with Crippen molar-refractivity contribution in [3.8, 4) is 11.1 Å². The Kier molecular flexibility index (Phi) is 10.8. The highest BCUT2D eigenvalue weighted by Gasteiger charge is 1.98. The molecule has 32 heavy (non-hydrogen) atoms. The summed E-state index contributed by atoms with van der Waals surface area (Å²) < 4.78 is 0. The highest BCUT2D eigenvalue weighted by molar-refractivity contribution is 5.82. The van der Waals surface area contributed by atoms with Crippen molar-refractivity contribution in [1.82, 2.24) is 0 Å². The second-order valence-corrected chi connectivity index (χ2v) is 8.84. The molecule has 0 aliphatic rings. The van der Waals surface area contributed by atoms with E-state index < -0.39 is 0 Å². The number of aliphatic imine (C=N–C) groups is 1. The Hall–Kier alpha value is -2.67. The van der Waals surface area contributed by atoms with Crippen molar-refractivity contribution < 1.29 is 0 Å². The smallest absolute Gasteiger partial charge is 0.0630 e. The third-order valence-electron chi connectivity index (χ3n) is 6.14. The van der Waals surface area contributed by atoms with E-state index in [1.54, 1.807) is 0 Å². The van der Waals surface area contributed by atoms with Crippen LogP contribution in [0.3, 0.4) is 0 Å². The first kappa shape index (κ1) is 24.0. The lowest BCUT2D eigenvalue weighted by atomic mass is 10.0. The Balaban J connectivity index is 1.34. The van der Waals surface area contributed by atoms with Gasteiger partial charge >= 0.3 is 0 Å². The highest BCUT2D eigenvalue weighted by atomic mass is 14.7. The summed E-state index contributed by atoms with van der Waals surface area (Å²) in [5, 5.41) is 0. The van der Waals surface area contributed by atoms with Crippen LogP contribution in [-0.4, -0.2) is 6.21 Å². The third kappa shape index (κ3) is 8.83. The molecule has 1 heteroatoms. The van der Waals surface area contributed by atoms with Crippen molar-refractivity contribution >= 4 is 11.9 Å². The van der Waals surface area contributed by atoms with Crippen LogP contribution in [0, 0.1) is 0 Å². The van der Waals surface area contributed by atoms with Crippen molar-refractivity contribution in [1.29, 1.82) is 0 Å². The van der Waals surface area contributed by atoms with Crippen LogP contribution in [0.25, 0.3) is 11.1 Å². The van der Waals surface area contributed by atoms with Crippen LogP contribution in [0.15, 0.2) is 83.9 Å². The Morgan fingerprint density at radius 3 is 1.75 bits per heavy atom. The summed E-state index contributed by atoms with van der Waals surface area (Å²) in [7, 11) is 0. The van der Waals surface area contributed by atoms with E-state index in [1.807, 2.05) is 12.3 Å². The van der Waals surface area contributed by atoms with E-state index in [1.165, 1.54) is 87.3 Å². The van der Waals surface area contributed by atoms with Crippen LogP contribution in [0.4, 0.5) is 5.69 Å². The van der Waals surface area contributed by atoms with Gasteiger partial charge in [0.2, 0.25) is 0 Å². The minimum Gasteiger partial charge on any atom is -0.256 e. The fourth-order valence-corrected chi connectivity index (χ4v) is 4.11. The molecule has 0 aliphatic carbocycles. The molecule has 3 aromatic rings. The molecule has 0 N–H and O–H groups in total. The van der Waals surface area contributed by atoms with Gasteiger partial charge in [-0.15, -0.1) is 0 Å². The van der Waals surface area contributed by atoms with Crippen LogP contribution in [-0.2, 0) is 6.42 Å². The highest BCUT2D eigenvalue weighted by Crippen LogP contribution is 2.22. The van der Waals surface area contributed by atoms with Crippen LogP contribution in [0.5, 0.6) is 0 Å². The predicted molar refractivity (Wildman–Crippen MR) is 141 cm³/mol. The largest absolute Gasteiger partial charge is 0.256 e. The number of rotatable bonds is 14. The maximum absolute atomic E-state index is 4.64. The molecule has 0 fully saturated rings. The average Bonchev–Trinajstić information content (AvgIpc) is 2.85. The molecule has 3 aromatic carbocycles. The molecule has 0 aromatic heterocycles. The normalized spacial score (nSPS) is 11.3. The Bertz CT molecular complexity index is 891. The molecule has 168 valence electrons. The predicted octanol–water partition coefficient (Wildman–Crippen LogP) is 9.57. The monoisotopic (exact) mass is 425 g/mol. The summed E-state index contributed by atoms with van der Waals surface area (Å²) >= 11 is 0. The van der Waals surface area contributed by atoms with Gasteiger partial charge in [-0.2, -0.15) is 0 Å². The topological polar surface area (TPSA) is 12.4 Å². The molecule has 0 saturated carbocycles. The zero-order chi connectivity index (χ0) is 22.3. The molecular formula is C31H39N. The molecular weight excluding hydrogens is 386 g/mol. The number of aryl methyl sites for hydroxylation is 1. The molecule has 0 atom stereocenters. The van der Waals surface area contributed by atoms with Gasteiger partial charge in [0.1, 0.15) is 0 Å². The summed E-state index contributed by atoms with van der Waals surface area (Å²) in [6.07, 6.45) is 17.1. The van der Waals surface area contributed by atoms with Crippen LogP contribution < -0.4 is 0 Å². The molecule has 0 spiro atoms. The number of nitrogens with zero attached hydrogens (tertiary/aromatic N) is 1. The van der Waals surface area contributed by atoms with Gasteiger partial charge in [0.15, 0.2) is 0 Å². The van der Waals surface area contributed by atoms with Crippen molar-refractivity contribution in [2.75, 3.05) is 0 Å². The maximum atomic E-state index is 4.64. The van der Waals surface area contributed by atoms with E-state index in [4.69, 9.17) is 0 Å². The zero-order valence-electron chi connectivity index (χ0n) is 19.8. The molecule has 0 unspecified atom stereocenters. The van der Waals surface area contributed by atoms with Gasteiger partial charge in [-0.3, -0.25) is 4.99 Å². The molecule has 0 aliphatic heterocycles. The van der Waals surface area contributed by atoms with Gasteiger partial charge < -0.3 is 0 Å². The second kappa shape index (κ2) is 14.4. The molecule has 0 amide bonds.